The number of carbonyl (C=O) groups excluding carboxylic acids is 1. The summed E-state index contributed by atoms with van der Waals surface area (Å²) in [7, 11) is -1.44. The van der Waals surface area contributed by atoms with E-state index in [1.165, 1.54) is 37.1 Å². The molecule has 0 atom stereocenters. The molecule has 0 unspecified atom stereocenters. The number of anilines is 1. The zero-order valence-electron chi connectivity index (χ0n) is 23.5. The summed E-state index contributed by atoms with van der Waals surface area (Å²) in [4.78, 5) is 23.1. The summed E-state index contributed by atoms with van der Waals surface area (Å²) in [6.45, 7) is 1.02. The summed E-state index contributed by atoms with van der Waals surface area (Å²) in [5.41, 5.74) is 1.68. The van der Waals surface area contributed by atoms with Crippen LogP contribution in [-0.2, 0) is 14.6 Å². The van der Waals surface area contributed by atoms with Gasteiger partial charge in [-0.15, -0.1) is 11.3 Å². The number of nitrogens with zero attached hydrogens (tertiary/aromatic N) is 4. The molecule has 224 valence electrons. The largest absolute Gasteiger partial charge is 0.495 e. The first kappa shape index (κ1) is 29.9. The summed E-state index contributed by atoms with van der Waals surface area (Å²) in [5, 5.41) is 12.2. The zero-order chi connectivity index (χ0) is 29.7. The van der Waals surface area contributed by atoms with Crippen LogP contribution in [0.5, 0.6) is 5.75 Å². The van der Waals surface area contributed by atoms with Crippen LogP contribution in [0.2, 0.25) is 0 Å². The van der Waals surface area contributed by atoms with E-state index in [-0.39, 0.29) is 30.5 Å². The van der Waals surface area contributed by atoms with Gasteiger partial charge in [-0.3, -0.25) is 4.79 Å². The third-order valence-electron chi connectivity index (χ3n) is 7.92. The molecule has 2 aromatic heterocycles. The molecule has 2 aliphatic carbocycles. The Labute approximate surface area is 251 Å². The summed E-state index contributed by atoms with van der Waals surface area (Å²) >= 11 is 1.36. The molecular formula is C30H36FN5O4S2. The van der Waals surface area contributed by atoms with Crippen molar-refractivity contribution < 1.29 is 23.8 Å². The number of hydrogen-bond acceptors (Lipinski definition) is 9. The van der Waals surface area contributed by atoms with Gasteiger partial charge in [0.2, 0.25) is 5.91 Å². The molecule has 12 heteroatoms. The van der Waals surface area contributed by atoms with Crippen molar-refractivity contribution in [2.24, 2.45) is 5.92 Å². The predicted octanol–water partition coefficient (Wildman–Crippen LogP) is 5.24. The van der Waals surface area contributed by atoms with E-state index in [2.05, 4.69) is 26.3 Å². The number of nitrogens with one attached hydrogen (secondary N) is 1. The summed E-state index contributed by atoms with van der Waals surface area (Å²) in [6, 6.07) is 11.4. The Morgan fingerprint density at radius 3 is 2.43 bits per heavy atom. The maximum absolute atomic E-state index is 14.2. The molecule has 42 heavy (non-hydrogen) atoms. The van der Waals surface area contributed by atoms with Crippen LogP contribution in [0.15, 0.2) is 42.7 Å². The lowest BCUT2D eigenvalue weighted by molar-refractivity contribution is -0.126. The van der Waals surface area contributed by atoms with Gasteiger partial charge < -0.3 is 15.0 Å². The second kappa shape index (κ2) is 12.8. The minimum atomic E-state index is -2.90. The number of thiazole rings is 1. The van der Waals surface area contributed by atoms with Crippen molar-refractivity contribution >= 4 is 32.8 Å². The van der Waals surface area contributed by atoms with E-state index in [1.54, 1.807) is 6.20 Å². The molecular weight excluding hydrogens is 577 g/mol. The molecule has 0 spiro atoms. The van der Waals surface area contributed by atoms with Crippen LogP contribution in [-0.4, -0.2) is 61.5 Å². The van der Waals surface area contributed by atoms with Crippen molar-refractivity contribution in [1.29, 1.82) is 5.26 Å². The third kappa shape index (κ3) is 7.25. The Balaban J connectivity index is 0.000000238. The zero-order valence-corrected chi connectivity index (χ0v) is 25.1. The lowest BCUT2D eigenvalue weighted by Gasteiger charge is -2.28. The SMILES string of the molecule is COc1cnc(-c2ncc(-c3ccc(N4CCS(=O)(=O)CC4)cc3)s2)c(F)c1.N#CC1(NC(=O)C2CCCCC2)CC1.[HH]. The highest BCUT2D eigenvalue weighted by Gasteiger charge is 2.45. The van der Waals surface area contributed by atoms with E-state index in [0.29, 0.717) is 23.8 Å². The first-order chi connectivity index (χ1) is 20.2. The standard InChI is InChI=1S/C19H18FN3O3S2.C11H16N2O.H2/c1-26-15-10-16(20)18(21-11-15)19-22-12-17(27-19)13-2-4-14(5-3-13)23-6-8-28(24,25)9-7-23;12-8-11(6-7-11)13-10(14)9-4-2-1-3-5-9;/h2-5,10-12H,6-9H2,1H3;9H,1-7H2,(H,13,14);1H. The normalized spacial score (nSPS) is 19.1. The third-order valence-corrected chi connectivity index (χ3v) is 10.6. The highest BCUT2D eigenvalue weighted by atomic mass is 32.2. The summed E-state index contributed by atoms with van der Waals surface area (Å²) < 4.78 is 42.3. The lowest BCUT2D eigenvalue weighted by Crippen LogP contribution is -2.40. The molecule has 0 radical (unpaired) electrons. The number of sulfone groups is 1. The van der Waals surface area contributed by atoms with Gasteiger partial charge in [-0.05, 0) is 43.4 Å². The smallest absolute Gasteiger partial charge is 0.224 e. The minimum absolute atomic E-state index is 0. The first-order valence-corrected chi connectivity index (χ1v) is 16.8. The van der Waals surface area contributed by atoms with Gasteiger partial charge in [0.15, 0.2) is 15.7 Å². The number of carbonyl (C=O) groups is 1. The van der Waals surface area contributed by atoms with Crippen LogP contribution in [0.3, 0.4) is 0 Å². The fourth-order valence-electron chi connectivity index (χ4n) is 5.11. The molecule has 2 saturated carbocycles. The van der Waals surface area contributed by atoms with Gasteiger partial charge in [-0.25, -0.2) is 22.8 Å². The number of halogens is 1. The topological polar surface area (TPSA) is 125 Å². The van der Waals surface area contributed by atoms with Crippen LogP contribution in [0, 0.1) is 23.1 Å². The van der Waals surface area contributed by atoms with Crippen molar-refractivity contribution in [2.75, 3.05) is 36.6 Å². The average Bonchev–Trinajstić information content (AvgIpc) is 3.61. The van der Waals surface area contributed by atoms with Crippen LogP contribution in [0.1, 0.15) is 46.4 Å². The summed E-state index contributed by atoms with van der Waals surface area (Å²) in [6.07, 6.45) is 10.4. The van der Waals surface area contributed by atoms with Gasteiger partial charge in [0, 0.05) is 38.4 Å². The van der Waals surface area contributed by atoms with Crippen LogP contribution in [0.4, 0.5) is 10.1 Å². The van der Waals surface area contributed by atoms with E-state index < -0.39 is 21.2 Å². The number of aromatic nitrogens is 2. The van der Waals surface area contributed by atoms with E-state index in [9.17, 15) is 17.6 Å². The highest BCUT2D eigenvalue weighted by molar-refractivity contribution is 7.91. The van der Waals surface area contributed by atoms with Gasteiger partial charge in [0.1, 0.15) is 22.0 Å². The molecule has 3 aromatic rings. The molecule has 1 saturated heterocycles. The quantitative estimate of drug-likeness (QED) is 0.400. The number of pyridine rings is 1. The molecule has 1 N–H and O–H groups in total. The van der Waals surface area contributed by atoms with Crippen molar-refractivity contribution in [3.05, 3.63) is 48.5 Å². The Kier molecular flexibility index (Phi) is 9.08. The van der Waals surface area contributed by atoms with Crippen molar-refractivity contribution in [3.63, 3.8) is 0 Å². The molecule has 6 rings (SSSR count). The highest BCUT2D eigenvalue weighted by Crippen LogP contribution is 2.36. The van der Waals surface area contributed by atoms with Crippen LogP contribution >= 0.6 is 11.3 Å². The second-order valence-corrected chi connectivity index (χ2v) is 14.3. The lowest BCUT2D eigenvalue weighted by atomic mass is 9.88. The van der Waals surface area contributed by atoms with Gasteiger partial charge in [0.25, 0.3) is 0 Å². The van der Waals surface area contributed by atoms with Crippen molar-refractivity contribution in [3.8, 4) is 33.0 Å². The number of ether oxygens (including phenoxy) is 1. The number of amides is 1. The maximum Gasteiger partial charge on any atom is 0.224 e. The molecule has 1 amide bonds. The summed E-state index contributed by atoms with van der Waals surface area (Å²) in [5.74, 6) is 0.550. The van der Waals surface area contributed by atoms with E-state index in [4.69, 9.17) is 10.00 Å². The molecule has 1 aliphatic heterocycles. The van der Waals surface area contributed by atoms with E-state index >= 15 is 0 Å². The predicted molar refractivity (Wildman–Crippen MR) is 163 cm³/mol. The molecule has 3 aliphatic rings. The second-order valence-electron chi connectivity index (χ2n) is 10.9. The average molecular weight is 614 g/mol. The molecule has 3 fully saturated rings. The Hall–Kier alpha value is -3.56. The van der Waals surface area contributed by atoms with Gasteiger partial charge >= 0.3 is 0 Å². The van der Waals surface area contributed by atoms with E-state index in [1.807, 2.05) is 24.3 Å². The first-order valence-electron chi connectivity index (χ1n) is 14.2. The van der Waals surface area contributed by atoms with Crippen LogP contribution < -0.4 is 15.0 Å². The minimum Gasteiger partial charge on any atom is -0.495 e. The molecule has 0 bridgehead atoms. The molecule has 1 aromatic carbocycles. The molecule has 3 heterocycles. The van der Waals surface area contributed by atoms with Crippen molar-refractivity contribution in [1.82, 2.24) is 15.3 Å². The Bertz CT molecular complexity index is 1550. The fraction of sp³-hybridized carbons (Fsp3) is 0.467. The Morgan fingerprint density at radius 2 is 1.83 bits per heavy atom. The number of benzene rings is 1. The van der Waals surface area contributed by atoms with E-state index in [0.717, 1.165) is 54.7 Å². The number of methoxy groups -OCH3 is 1. The Morgan fingerprint density at radius 1 is 1.14 bits per heavy atom. The monoisotopic (exact) mass is 613 g/mol. The van der Waals surface area contributed by atoms with Crippen LogP contribution in [0.25, 0.3) is 21.1 Å². The fourth-order valence-corrected chi connectivity index (χ4v) is 7.23. The van der Waals surface area contributed by atoms with Crippen molar-refractivity contribution in [2.45, 2.75) is 50.5 Å². The maximum atomic E-state index is 14.2. The van der Waals surface area contributed by atoms with Gasteiger partial charge in [-0.2, -0.15) is 5.26 Å². The van der Waals surface area contributed by atoms with Gasteiger partial charge in [0.05, 0.1) is 35.8 Å². The number of rotatable bonds is 6. The molecule has 9 nitrogen and oxygen atoms in total. The number of nitriles is 1. The van der Waals surface area contributed by atoms with Gasteiger partial charge in [-0.1, -0.05) is 31.4 Å². The number of hydrogen-bond donors (Lipinski definition) is 1.